The van der Waals surface area contributed by atoms with Crippen molar-refractivity contribution >= 4 is 27.1 Å². The number of rotatable bonds is 9. The highest BCUT2D eigenvalue weighted by molar-refractivity contribution is 7.87. The Labute approximate surface area is 451 Å². The Morgan fingerprint density at radius 1 is 0.451 bits per heavy atom. The average molecular weight is 1200 g/mol. The number of nitrogen functional groups attached to an aromatic ring is 1. The Morgan fingerprint density at radius 2 is 0.829 bits per heavy atom. The normalized spacial score (nSPS) is 13.6. The summed E-state index contributed by atoms with van der Waals surface area (Å²) in [5.74, 6) is -3.83. The van der Waals surface area contributed by atoms with Crippen LogP contribution in [0.1, 0.15) is 52.0 Å². The first-order valence-corrected chi connectivity index (χ1v) is 24.3. The van der Waals surface area contributed by atoms with E-state index in [2.05, 4.69) is 24.6 Å². The van der Waals surface area contributed by atoms with E-state index in [0.717, 1.165) is 38.6 Å². The molecule has 0 aliphatic heterocycles. The number of nitrogens with two attached hydrogens (primary N) is 1. The molecule has 82 heavy (non-hydrogen) atoms. The maximum atomic E-state index is 13.6. The van der Waals surface area contributed by atoms with Gasteiger partial charge < -0.3 is 10.8 Å². The first-order valence-electron chi connectivity index (χ1n) is 22.9. The first-order chi connectivity index (χ1) is 38.0. The number of alkyl halides is 18. The van der Waals surface area contributed by atoms with Crippen molar-refractivity contribution in [2.75, 3.05) is 5.73 Å². The molecule has 9 rings (SSSR count). The van der Waals surface area contributed by atoms with Gasteiger partial charge in [0.25, 0.3) is 0 Å². The molecule has 3 atom stereocenters. The molecule has 9 aromatic rings. The minimum Gasteiger partial charge on any atom is -0.399 e. The number of pyridine rings is 2. The smallest absolute Gasteiger partial charge is 0.399 e. The van der Waals surface area contributed by atoms with Gasteiger partial charge in [-0.05, 0) is 87.3 Å². The highest BCUT2D eigenvalue weighted by atomic mass is 32.2. The van der Waals surface area contributed by atoms with Crippen LogP contribution in [0.2, 0.25) is 0 Å². The van der Waals surface area contributed by atoms with Crippen molar-refractivity contribution < 1.29 is 96.7 Å². The second-order valence-electron chi connectivity index (χ2n) is 17.0. The quantitative estimate of drug-likeness (QED) is 0.0623. The molecule has 0 aliphatic carbocycles. The van der Waals surface area contributed by atoms with Crippen molar-refractivity contribution in [3.63, 3.8) is 0 Å². The van der Waals surface area contributed by atoms with Crippen LogP contribution >= 0.6 is 0 Å². The fourth-order valence-corrected chi connectivity index (χ4v) is 7.88. The molecule has 0 radical (unpaired) electrons. The van der Waals surface area contributed by atoms with E-state index in [9.17, 15) is 87.4 Å². The number of nitrogens with zero attached hydrogens (tertiary/aromatic N) is 6. The maximum Gasteiger partial charge on any atom is 0.523 e. The highest BCUT2D eigenvalue weighted by Gasteiger charge is 2.54. The van der Waals surface area contributed by atoms with E-state index in [0.29, 0.717) is 27.9 Å². The molecule has 0 amide bonds. The fraction of sp³-hybridized carbons (Fsp3) is 0.192. The van der Waals surface area contributed by atoms with Crippen LogP contribution < -0.4 is 5.73 Å². The molecule has 5 aromatic carbocycles. The summed E-state index contributed by atoms with van der Waals surface area (Å²) in [6.45, 7) is 0. The number of hydrogen-bond acceptors (Lipinski definition) is 9. The van der Waals surface area contributed by atoms with E-state index in [1.54, 1.807) is 84.9 Å². The van der Waals surface area contributed by atoms with Crippen molar-refractivity contribution in [1.29, 1.82) is 0 Å². The lowest BCUT2D eigenvalue weighted by Crippen LogP contribution is -2.32. The predicted molar refractivity (Wildman–Crippen MR) is 259 cm³/mol. The molecule has 0 spiro atoms. The number of fused-ring (bicyclic) bond motifs is 2. The molecule has 0 saturated carbocycles. The number of anilines is 1. The van der Waals surface area contributed by atoms with Crippen LogP contribution in [0.5, 0.6) is 0 Å². The van der Waals surface area contributed by atoms with Crippen LogP contribution in [0.25, 0.3) is 33.5 Å². The number of hydrogen-bond donors (Lipinski definition) is 2. The molecule has 30 heteroatoms. The van der Waals surface area contributed by atoms with E-state index in [1.165, 1.54) is 67.0 Å². The minimum atomic E-state index is -6.35. The van der Waals surface area contributed by atoms with Gasteiger partial charge in [0.05, 0.1) is 5.92 Å². The summed E-state index contributed by atoms with van der Waals surface area (Å²) in [4.78, 5) is 0. The molecule has 3 N–H and O–H groups in total. The van der Waals surface area contributed by atoms with Crippen molar-refractivity contribution in [1.82, 2.24) is 29.2 Å². The molecule has 0 saturated heterocycles. The summed E-state index contributed by atoms with van der Waals surface area (Å²) in [6, 6.07) is 39.1. The van der Waals surface area contributed by atoms with Crippen LogP contribution in [-0.2, 0) is 33.1 Å². The fourth-order valence-electron chi connectivity index (χ4n) is 7.29. The van der Waals surface area contributed by atoms with Crippen LogP contribution in [0, 0.1) is 0 Å². The lowest BCUT2D eigenvalue weighted by molar-refractivity contribution is -0.206. The summed E-state index contributed by atoms with van der Waals surface area (Å²) in [5.41, 5.74) is 2.63. The Kier molecular flexibility index (Phi) is 19.1. The number of halogens is 18. The standard InChI is InChI=1S/C22H15F6N3.C13H9F3N4.C9H6F6O3S.C8H7F3O/c23-21(24,25)18(16-4-2-1-3-5-16)12-14-6-8-15(9-7-14)17-10-11-19-29-30-20(22(26,27)28)31(19)13-17;14-13(15,16)12-19-18-11-6-3-9(7-20(11)12)8-1-4-10(17)5-2-8;10-8(11,12)7(6-4-2-1-3-5-6)18-19(16,17)9(13,14)15;9-8(10,11)7(12)6-4-2-1-3-5-6/h1-11,13,18H,12H2;1-7H,17H2;1-5,7H;1-5,7,12H. The molecule has 0 bridgehead atoms. The zero-order valence-electron chi connectivity index (χ0n) is 40.8. The molecular formula is C52H37F18N7O4S. The number of aliphatic hydroxyl groups excluding tert-OH is 1. The predicted octanol–water partition coefficient (Wildman–Crippen LogP) is 14.7. The molecule has 3 unspecified atom stereocenters. The van der Waals surface area contributed by atoms with Crippen molar-refractivity contribution in [2.45, 2.75) is 60.9 Å². The second kappa shape index (κ2) is 24.9. The third-order valence-corrected chi connectivity index (χ3v) is 12.2. The topological polar surface area (TPSA) is 150 Å². The molecule has 0 aliphatic rings. The van der Waals surface area contributed by atoms with Crippen molar-refractivity contribution in [3.8, 4) is 22.3 Å². The highest BCUT2D eigenvalue weighted by Crippen LogP contribution is 2.41. The van der Waals surface area contributed by atoms with Crippen LogP contribution in [0.4, 0.5) is 84.7 Å². The van der Waals surface area contributed by atoms with Crippen LogP contribution in [-0.4, -0.2) is 66.8 Å². The van der Waals surface area contributed by atoms with Crippen molar-refractivity contribution in [3.05, 3.63) is 210 Å². The largest absolute Gasteiger partial charge is 0.523 e. The first kappa shape index (κ1) is 62.9. The molecular weight excluding hydrogens is 1160 g/mol. The molecule has 0 fully saturated rings. The van der Waals surface area contributed by atoms with Gasteiger partial charge in [0, 0.05) is 18.1 Å². The Morgan fingerprint density at radius 3 is 1.20 bits per heavy atom. The average Bonchev–Trinajstić information content (AvgIpc) is 4.28. The van der Waals surface area contributed by atoms with Crippen LogP contribution in [0.3, 0.4) is 0 Å². The van der Waals surface area contributed by atoms with Gasteiger partial charge in [0.15, 0.2) is 23.5 Å². The lowest BCUT2D eigenvalue weighted by Gasteiger charge is -2.21. The van der Waals surface area contributed by atoms with Gasteiger partial charge in [-0.3, -0.25) is 8.80 Å². The third kappa shape index (κ3) is 16.5. The summed E-state index contributed by atoms with van der Waals surface area (Å²) >= 11 is 0. The van der Waals surface area contributed by atoms with Gasteiger partial charge in [0.1, 0.15) is 0 Å². The van der Waals surface area contributed by atoms with Gasteiger partial charge in [-0.15, -0.1) is 20.4 Å². The van der Waals surface area contributed by atoms with Gasteiger partial charge in [-0.2, -0.15) is 87.4 Å². The number of benzene rings is 5. The van der Waals surface area contributed by atoms with Gasteiger partial charge in [-0.1, -0.05) is 127 Å². The number of aliphatic hydroxyl groups is 1. The third-order valence-electron chi connectivity index (χ3n) is 11.2. The van der Waals surface area contributed by atoms with Gasteiger partial charge in [-0.25, -0.2) is 4.18 Å². The van der Waals surface area contributed by atoms with Crippen molar-refractivity contribution in [2.24, 2.45) is 0 Å². The summed E-state index contributed by atoms with van der Waals surface area (Å²) < 4.78 is 254. The molecule has 4 heterocycles. The van der Waals surface area contributed by atoms with E-state index >= 15 is 0 Å². The minimum absolute atomic E-state index is 0.0450. The SMILES string of the molecule is FC(F)(F)c1nnc2ccc(-c3ccc(CC(c4ccccc4)C(F)(F)F)cc3)cn12.Nc1ccc(-c2ccc3nnc(C(F)(F)F)n3c2)cc1.O=S(=O)(OC(c1ccccc1)C(F)(F)F)C(F)(F)F.OC(c1ccccc1)C(F)(F)F. The maximum absolute atomic E-state index is 13.6. The Hall–Kier alpha value is -8.25. The summed E-state index contributed by atoms with van der Waals surface area (Å²) in [6.07, 6.45) is -26.7. The van der Waals surface area contributed by atoms with Crippen LogP contribution in [0.15, 0.2) is 176 Å². The van der Waals surface area contributed by atoms with Gasteiger partial charge in [0.2, 0.25) is 11.6 Å². The van der Waals surface area contributed by atoms with E-state index in [1.807, 2.05) is 0 Å². The Balaban J connectivity index is 0.000000186. The monoisotopic (exact) mass is 1200 g/mol. The summed E-state index contributed by atoms with van der Waals surface area (Å²) in [7, 11) is -6.35. The Bertz CT molecular complexity index is 3610. The second-order valence-corrected chi connectivity index (χ2v) is 18.6. The van der Waals surface area contributed by atoms with E-state index < -0.39 is 81.8 Å². The van der Waals surface area contributed by atoms with E-state index in [-0.39, 0.29) is 28.8 Å². The lowest BCUT2D eigenvalue weighted by atomic mass is 9.91. The molecule has 4 aromatic heterocycles. The van der Waals surface area contributed by atoms with Gasteiger partial charge >= 0.3 is 46.5 Å². The molecule has 436 valence electrons. The zero-order valence-corrected chi connectivity index (χ0v) is 41.6. The molecule has 11 nitrogen and oxygen atoms in total. The zero-order chi connectivity index (χ0) is 60.6. The van der Waals surface area contributed by atoms with E-state index in [4.69, 9.17) is 10.8 Å². The number of aromatic nitrogens is 6. The summed E-state index contributed by atoms with van der Waals surface area (Å²) in [5, 5.41) is 22.1.